The lowest BCUT2D eigenvalue weighted by Crippen LogP contribution is -2.38. The van der Waals surface area contributed by atoms with Crippen LogP contribution in [-0.2, 0) is 19.1 Å². The molecule has 6 nitrogen and oxygen atoms in total. The predicted octanol–water partition coefficient (Wildman–Crippen LogP) is 1.76. The fraction of sp³-hybridized carbons (Fsp3) is 0.500. The summed E-state index contributed by atoms with van der Waals surface area (Å²) >= 11 is 1.42. The van der Waals surface area contributed by atoms with Crippen LogP contribution in [0.25, 0.3) is 0 Å². The van der Waals surface area contributed by atoms with Gasteiger partial charge in [-0.05, 0) is 26.0 Å². The van der Waals surface area contributed by atoms with Gasteiger partial charge in [-0.25, -0.2) is 0 Å². The van der Waals surface area contributed by atoms with Crippen molar-refractivity contribution in [3.63, 3.8) is 0 Å². The molecule has 1 aromatic rings. The van der Waals surface area contributed by atoms with Crippen LogP contribution in [0.4, 0.5) is 5.69 Å². The summed E-state index contributed by atoms with van der Waals surface area (Å²) in [7, 11) is 0. The van der Waals surface area contributed by atoms with Crippen molar-refractivity contribution in [2.24, 2.45) is 0 Å². The highest BCUT2D eigenvalue weighted by Crippen LogP contribution is 2.36. The molecule has 0 aromatic heterocycles. The van der Waals surface area contributed by atoms with Gasteiger partial charge in [-0.3, -0.25) is 9.59 Å². The second kappa shape index (κ2) is 6.51. The Morgan fingerprint density at radius 2 is 2.22 bits per heavy atom. The number of nitrogens with one attached hydrogen (secondary N) is 2. The average Bonchev–Trinajstić information content (AvgIpc) is 2.85. The van der Waals surface area contributed by atoms with Gasteiger partial charge in [0.25, 0.3) is 0 Å². The van der Waals surface area contributed by atoms with Crippen LogP contribution in [0.2, 0.25) is 0 Å². The summed E-state index contributed by atoms with van der Waals surface area (Å²) in [6.07, 6.45) is -0.00977. The van der Waals surface area contributed by atoms with Crippen LogP contribution in [0.15, 0.2) is 29.2 Å². The SMILES string of the molecule is CC1(C)OC[C@H](CNC(=O)C[C@@H]2Sc3ccccc3NC2=O)O1. The zero-order valence-electron chi connectivity index (χ0n) is 13.1. The van der Waals surface area contributed by atoms with Crippen LogP contribution in [0.1, 0.15) is 20.3 Å². The zero-order chi connectivity index (χ0) is 16.4. The molecule has 2 amide bonds. The molecule has 1 saturated heterocycles. The Kier molecular flexibility index (Phi) is 4.61. The molecule has 1 fully saturated rings. The third-order valence-corrected chi connectivity index (χ3v) is 4.95. The maximum Gasteiger partial charge on any atom is 0.238 e. The normalized spacial score (nSPS) is 25.6. The minimum atomic E-state index is -0.599. The number of carbonyl (C=O) groups is 2. The highest BCUT2D eigenvalue weighted by molar-refractivity contribution is 8.01. The van der Waals surface area contributed by atoms with Crippen molar-refractivity contribution in [2.75, 3.05) is 18.5 Å². The highest BCUT2D eigenvalue weighted by atomic mass is 32.2. The summed E-state index contributed by atoms with van der Waals surface area (Å²) in [5.41, 5.74) is 0.804. The molecule has 2 atom stereocenters. The molecule has 0 aliphatic carbocycles. The third kappa shape index (κ3) is 4.04. The van der Waals surface area contributed by atoms with Crippen molar-refractivity contribution in [1.29, 1.82) is 0 Å². The number of thioether (sulfide) groups is 1. The molecular weight excluding hydrogens is 316 g/mol. The molecule has 2 heterocycles. The van der Waals surface area contributed by atoms with E-state index in [1.54, 1.807) is 0 Å². The molecule has 23 heavy (non-hydrogen) atoms. The van der Waals surface area contributed by atoms with E-state index in [2.05, 4.69) is 10.6 Å². The van der Waals surface area contributed by atoms with E-state index in [1.165, 1.54) is 11.8 Å². The Morgan fingerprint density at radius 1 is 1.43 bits per heavy atom. The minimum absolute atomic E-state index is 0.134. The Labute approximate surface area is 139 Å². The maximum atomic E-state index is 12.1. The average molecular weight is 336 g/mol. The van der Waals surface area contributed by atoms with Gasteiger partial charge in [0.15, 0.2) is 5.79 Å². The van der Waals surface area contributed by atoms with E-state index < -0.39 is 11.0 Å². The van der Waals surface area contributed by atoms with E-state index in [9.17, 15) is 9.59 Å². The molecule has 2 N–H and O–H groups in total. The molecule has 0 unspecified atom stereocenters. The summed E-state index contributed by atoms with van der Waals surface area (Å²) in [6, 6.07) is 7.59. The van der Waals surface area contributed by atoms with Gasteiger partial charge in [0.05, 0.1) is 17.5 Å². The van der Waals surface area contributed by atoms with Gasteiger partial charge in [-0.15, -0.1) is 11.8 Å². The van der Waals surface area contributed by atoms with E-state index in [4.69, 9.17) is 9.47 Å². The van der Waals surface area contributed by atoms with E-state index in [0.29, 0.717) is 13.2 Å². The van der Waals surface area contributed by atoms with Gasteiger partial charge >= 0.3 is 0 Å². The summed E-state index contributed by atoms with van der Waals surface area (Å²) in [6.45, 7) is 4.53. The van der Waals surface area contributed by atoms with Crippen LogP contribution in [0.3, 0.4) is 0 Å². The fourth-order valence-corrected chi connectivity index (χ4v) is 3.67. The molecule has 0 spiro atoms. The van der Waals surface area contributed by atoms with Crippen LogP contribution >= 0.6 is 11.8 Å². The number of benzene rings is 1. The zero-order valence-corrected chi connectivity index (χ0v) is 13.9. The molecule has 2 aliphatic rings. The number of ether oxygens (including phenoxy) is 2. The largest absolute Gasteiger partial charge is 0.353 e. The van der Waals surface area contributed by atoms with Gasteiger partial charge in [0.2, 0.25) is 11.8 Å². The topological polar surface area (TPSA) is 76.7 Å². The Morgan fingerprint density at radius 3 is 2.96 bits per heavy atom. The van der Waals surface area contributed by atoms with Crippen molar-refractivity contribution >= 4 is 29.3 Å². The third-order valence-electron chi connectivity index (χ3n) is 3.67. The lowest BCUT2D eigenvalue weighted by molar-refractivity contribution is -0.139. The number of rotatable bonds is 4. The minimum Gasteiger partial charge on any atom is -0.353 e. The first-order chi connectivity index (χ1) is 10.9. The number of para-hydroxylation sites is 1. The van der Waals surface area contributed by atoms with Gasteiger partial charge in [-0.2, -0.15) is 0 Å². The molecule has 2 aliphatic heterocycles. The first-order valence-corrected chi connectivity index (χ1v) is 8.46. The van der Waals surface area contributed by atoms with E-state index in [-0.39, 0.29) is 24.3 Å². The maximum absolute atomic E-state index is 12.1. The van der Waals surface area contributed by atoms with Crippen molar-refractivity contribution in [3.05, 3.63) is 24.3 Å². The van der Waals surface area contributed by atoms with Crippen LogP contribution in [0.5, 0.6) is 0 Å². The van der Waals surface area contributed by atoms with Crippen LogP contribution in [0, 0.1) is 0 Å². The second-order valence-corrected chi connectivity index (χ2v) is 7.30. The molecule has 124 valence electrons. The van der Waals surface area contributed by atoms with E-state index >= 15 is 0 Å². The predicted molar refractivity (Wildman–Crippen MR) is 87.2 cm³/mol. The second-order valence-electron chi connectivity index (χ2n) is 6.05. The standard InChI is InChI=1S/C16H20N2O4S/c1-16(2)21-9-10(22-16)8-17-14(19)7-13-15(20)18-11-5-3-4-6-12(11)23-13/h3-6,10,13H,7-9H2,1-2H3,(H,17,19)(H,18,20)/t10-,13-/m0/s1. The number of hydrogen-bond donors (Lipinski definition) is 2. The summed E-state index contributed by atoms with van der Waals surface area (Å²) in [5, 5.41) is 5.24. The Balaban J connectivity index is 1.50. The van der Waals surface area contributed by atoms with Crippen molar-refractivity contribution in [2.45, 2.75) is 42.3 Å². The molecule has 1 aromatic carbocycles. The van der Waals surface area contributed by atoms with Gasteiger partial charge in [-0.1, -0.05) is 12.1 Å². The molecular formula is C16H20N2O4S. The number of amides is 2. The first kappa shape index (κ1) is 16.3. The van der Waals surface area contributed by atoms with E-state index in [0.717, 1.165) is 10.6 Å². The Bertz CT molecular complexity index is 620. The molecule has 7 heteroatoms. The van der Waals surface area contributed by atoms with Crippen molar-refractivity contribution in [1.82, 2.24) is 5.32 Å². The Hall–Kier alpha value is -1.57. The molecule has 0 radical (unpaired) electrons. The van der Waals surface area contributed by atoms with Crippen LogP contribution < -0.4 is 10.6 Å². The van der Waals surface area contributed by atoms with E-state index in [1.807, 2.05) is 38.1 Å². The number of anilines is 1. The summed E-state index contributed by atoms with van der Waals surface area (Å²) in [5.74, 6) is -0.895. The quantitative estimate of drug-likeness (QED) is 0.876. The molecule has 0 saturated carbocycles. The van der Waals surface area contributed by atoms with Crippen molar-refractivity contribution in [3.8, 4) is 0 Å². The smallest absolute Gasteiger partial charge is 0.238 e. The molecule has 3 rings (SSSR count). The first-order valence-electron chi connectivity index (χ1n) is 7.58. The van der Waals surface area contributed by atoms with Crippen LogP contribution in [-0.4, -0.2) is 42.1 Å². The lowest BCUT2D eigenvalue weighted by Gasteiger charge is -2.23. The fourth-order valence-electron chi connectivity index (χ4n) is 2.56. The monoisotopic (exact) mass is 336 g/mol. The van der Waals surface area contributed by atoms with Gasteiger partial charge in [0.1, 0.15) is 6.10 Å². The van der Waals surface area contributed by atoms with Gasteiger partial charge < -0.3 is 20.1 Å². The lowest BCUT2D eigenvalue weighted by atomic mass is 10.2. The van der Waals surface area contributed by atoms with Crippen molar-refractivity contribution < 1.29 is 19.1 Å². The number of hydrogen-bond acceptors (Lipinski definition) is 5. The molecule has 0 bridgehead atoms. The number of fused-ring (bicyclic) bond motifs is 1. The summed E-state index contributed by atoms with van der Waals surface area (Å²) in [4.78, 5) is 25.2. The summed E-state index contributed by atoms with van der Waals surface area (Å²) < 4.78 is 11.1. The highest BCUT2D eigenvalue weighted by Gasteiger charge is 2.33. The van der Waals surface area contributed by atoms with Gasteiger partial charge in [0, 0.05) is 17.9 Å². The number of carbonyl (C=O) groups excluding carboxylic acids is 2.